The summed E-state index contributed by atoms with van der Waals surface area (Å²) in [6, 6.07) is 3.76. The van der Waals surface area contributed by atoms with Crippen molar-refractivity contribution in [2.75, 3.05) is 12.4 Å². The van der Waals surface area contributed by atoms with Gasteiger partial charge in [0.25, 0.3) is 5.91 Å². The summed E-state index contributed by atoms with van der Waals surface area (Å²) in [5.41, 5.74) is 4.25. The van der Waals surface area contributed by atoms with Crippen LogP contribution in [0.3, 0.4) is 0 Å². The molecule has 1 fully saturated rings. The molecule has 0 unspecified atom stereocenters. The average Bonchev–Trinajstić information content (AvgIpc) is 3.47. The second kappa shape index (κ2) is 7.92. The largest absolute Gasteiger partial charge is 0.351 e. The highest BCUT2D eigenvalue weighted by atomic mass is 32.2. The number of hydrogen-bond acceptors (Lipinski definition) is 8. The van der Waals surface area contributed by atoms with E-state index in [1.165, 1.54) is 13.4 Å². The van der Waals surface area contributed by atoms with Crippen molar-refractivity contribution in [1.29, 1.82) is 0 Å². The summed E-state index contributed by atoms with van der Waals surface area (Å²) in [6.07, 6.45) is 6.81. The van der Waals surface area contributed by atoms with E-state index in [2.05, 4.69) is 35.7 Å². The number of nitrogens with two attached hydrogens (primary N) is 1. The molecule has 2 aromatic rings. The molecule has 3 heterocycles. The number of aromatic nitrogens is 3. The molecule has 0 radical (unpaired) electrons. The number of anilines is 2. The average molecular weight is 399 g/mol. The summed E-state index contributed by atoms with van der Waals surface area (Å²) < 4.78 is 0. The first kappa shape index (κ1) is 18.3. The summed E-state index contributed by atoms with van der Waals surface area (Å²) in [6.45, 7) is 0. The molecule has 6 N–H and O–H groups in total. The molecule has 2 aromatic heterocycles. The van der Waals surface area contributed by atoms with E-state index in [1.807, 2.05) is 12.1 Å². The molecule has 2 amide bonds. The molecule has 1 aliphatic carbocycles. The Kier molecular flexibility index (Phi) is 5.19. The second-order valence-corrected chi connectivity index (χ2v) is 7.15. The smallest absolute Gasteiger partial charge is 0.309 e. The van der Waals surface area contributed by atoms with Gasteiger partial charge in [0.05, 0.1) is 23.8 Å². The molecule has 1 aliphatic heterocycles. The number of quaternary nitrogens is 1. The second-order valence-electron chi connectivity index (χ2n) is 6.30. The molecule has 0 saturated heterocycles. The number of pyridine rings is 1. The van der Waals surface area contributed by atoms with Crippen molar-refractivity contribution in [3.8, 4) is 0 Å². The molecule has 4 rings (SSSR count). The predicted octanol–water partition coefficient (Wildman–Crippen LogP) is -0.133. The molecule has 0 bridgehead atoms. The van der Waals surface area contributed by atoms with Crippen LogP contribution >= 0.6 is 11.9 Å². The number of carbonyl (C=O) groups is 2. The van der Waals surface area contributed by atoms with Crippen LogP contribution in [0.4, 0.5) is 11.4 Å². The maximum absolute atomic E-state index is 13.0. The van der Waals surface area contributed by atoms with E-state index in [0.717, 1.165) is 30.5 Å². The van der Waals surface area contributed by atoms with Crippen LogP contribution in [-0.4, -0.2) is 33.8 Å². The summed E-state index contributed by atoms with van der Waals surface area (Å²) in [4.78, 5) is 40.4. The Morgan fingerprint density at radius 3 is 2.71 bits per heavy atom. The summed E-state index contributed by atoms with van der Waals surface area (Å²) >= 11 is 1.16. The highest BCUT2D eigenvalue weighted by Gasteiger charge is 2.30. The highest BCUT2D eigenvalue weighted by molar-refractivity contribution is 8.01. The molecule has 1 saturated carbocycles. The van der Waals surface area contributed by atoms with Crippen molar-refractivity contribution in [3.63, 3.8) is 0 Å². The Morgan fingerprint density at radius 2 is 2.00 bits per heavy atom. The van der Waals surface area contributed by atoms with Gasteiger partial charge in [0.1, 0.15) is 6.33 Å². The van der Waals surface area contributed by atoms with Crippen LogP contribution < -0.4 is 26.2 Å². The fourth-order valence-corrected chi connectivity index (χ4v) is 3.40. The monoisotopic (exact) mass is 399 g/mol. The number of hydrogen-bond donors (Lipinski definition) is 5. The first-order valence-corrected chi connectivity index (χ1v) is 9.53. The van der Waals surface area contributed by atoms with Crippen LogP contribution in [0.5, 0.6) is 0 Å². The molecule has 144 valence electrons. The zero-order valence-electron chi connectivity index (χ0n) is 15.0. The van der Waals surface area contributed by atoms with Gasteiger partial charge in [-0.25, -0.2) is 20.4 Å². The topological polar surface area (TPSA) is 138 Å². The van der Waals surface area contributed by atoms with E-state index in [1.54, 1.807) is 17.8 Å². The number of nitrogens with zero attached hydrogens (tertiary/aromatic N) is 3. The van der Waals surface area contributed by atoms with Crippen molar-refractivity contribution < 1.29 is 15.0 Å². The maximum atomic E-state index is 13.0. The van der Waals surface area contributed by atoms with Crippen LogP contribution in [0, 0.1) is 0 Å². The van der Waals surface area contributed by atoms with Gasteiger partial charge in [-0.15, -0.1) is 4.83 Å². The lowest BCUT2D eigenvalue weighted by Crippen LogP contribution is -2.89. The highest BCUT2D eigenvalue weighted by Crippen LogP contribution is 2.39. The van der Waals surface area contributed by atoms with E-state index in [9.17, 15) is 9.59 Å². The standard InChI is InChI=1S/C17H18N8O2S/c1-18-15(26)14-17(28-25-24-14)23-16(27)13-12(21-10-6-19-8-20-7-10)5-4-11(22-13)9-2-3-9/h4-9,21,24-25H,2-3H2,1H3,(H,18,26)(H,23,27)/p+1. The van der Waals surface area contributed by atoms with E-state index in [-0.39, 0.29) is 11.6 Å². The Hall–Kier alpha value is -3.02. The third kappa shape index (κ3) is 3.96. The van der Waals surface area contributed by atoms with Crippen molar-refractivity contribution in [2.45, 2.75) is 18.8 Å². The summed E-state index contributed by atoms with van der Waals surface area (Å²) in [7, 11) is 1.54. The van der Waals surface area contributed by atoms with Crippen LogP contribution in [0.25, 0.3) is 0 Å². The first-order chi connectivity index (χ1) is 13.7. The SMILES string of the molecule is CNC(=O)C1=C(NC(=O)c2nc(C3CC3)ccc2Nc2cncnc2)SN[NH2+]1. The van der Waals surface area contributed by atoms with E-state index < -0.39 is 5.91 Å². The summed E-state index contributed by atoms with van der Waals surface area (Å²) in [5, 5.41) is 8.90. The van der Waals surface area contributed by atoms with Gasteiger partial charge in [-0.05, 0) is 25.0 Å². The van der Waals surface area contributed by atoms with Gasteiger partial charge >= 0.3 is 5.91 Å². The van der Waals surface area contributed by atoms with E-state index in [4.69, 9.17) is 0 Å². The molecule has 0 spiro atoms. The van der Waals surface area contributed by atoms with Gasteiger partial charge in [0, 0.05) is 30.6 Å². The molecule has 28 heavy (non-hydrogen) atoms. The fourth-order valence-electron chi connectivity index (χ4n) is 2.70. The fraction of sp³-hybridized carbons (Fsp3) is 0.235. The van der Waals surface area contributed by atoms with Gasteiger partial charge in [0.2, 0.25) is 5.70 Å². The van der Waals surface area contributed by atoms with E-state index >= 15 is 0 Å². The summed E-state index contributed by atoms with van der Waals surface area (Å²) in [5.74, 6) is -0.285. The number of likely N-dealkylation sites (N-methyl/N-ethyl adjacent to an activating group) is 1. The third-order valence-corrected chi connectivity index (χ3v) is 5.04. The third-order valence-electron chi connectivity index (χ3n) is 4.27. The molecular formula is C17H19N8O2S+. The molecule has 2 aliphatic rings. The quantitative estimate of drug-likeness (QED) is 0.335. The van der Waals surface area contributed by atoms with Crippen LogP contribution in [0.1, 0.15) is 34.9 Å². The van der Waals surface area contributed by atoms with Crippen molar-refractivity contribution >= 4 is 35.1 Å². The van der Waals surface area contributed by atoms with Crippen molar-refractivity contribution in [2.24, 2.45) is 0 Å². The molecule has 10 nitrogen and oxygen atoms in total. The number of nitrogens with one attached hydrogen (secondary N) is 4. The van der Waals surface area contributed by atoms with Crippen LogP contribution in [0.2, 0.25) is 0 Å². The van der Waals surface area contributed by atoms with Gasteiger partial charge < -0.3 is 16.0 Å². The zero-order valence-corrected chi connectivity index (χ0v) is 15.8. The molecule has 0 atom stereocenters. The minimum atomic E-state index is -0.400. The molecular weight excluding hydrogens is 380 g/mol. The Balaban J connectivity index is 1.63. The van der Waals surface area contributed by atoms with E-state index in [0.29, 0.717) is 28.0 Å². The minimum Gasteiger partial charge on any atom is -0.351 e. The normalized spacial score (nSPS) is 16.0. The van der Waals surface area contributed by atoms with Crippen LogP contribution in [-0.2, 0) is 4.79 Å². The lowest BCUT2D eigenvalue weighted by Gasteiger charge is -2.12. The van der Waals surface area contributed by atoms with Gasteiger partial charge in [-0.1, -0.05) is 0 Å². The van der Waals surface area contributed by atoms with Crippen molar-refractivity contribution in [1.82, 2.24) is 30.4 Å². The Labute approximate surface area is 165 Å². The minimum absolute atomic E-state index is 0.254. The number of rotatable bonds is 6. The lowest BCUT2D eigenvalue weighted by atomic mass is 10.2. The Bertz CT molecular complexity index is 945. The molecule has 11 heteroatoms. The maximum Gasteiger partial charge on any atom is 0.309 e. The Morgan fingerprint density at radius 1 is 1.21 bits per heavy atom. The molecule has 0 aromatic carbocycles. The first-order valence-electron chi connectivity index (χ1n) is 8.72. The van der Waals surface area contributed by atoms with Gasteiger partial charge in [0.15, 0.2) is 10.7 Å². The lowest BCUT2D eigenvalue weighted by molar-refractivity contribution is -0.633. The predicted molar refractivity (Wildman–Crippen MR) is 103 cm³/mol. The van der Waals surface area contributed by atoms with Gasteiger partial charge in [-0.3, -0.25) is 9.59 Å². The zero-order chi connectivity index (χ0) is 19.5. The number of amides is 2. The van der Waals surface area contributed by atoms with Crippen molar-refractivity contribution in [3.05, 3.63) is 53.0 Å². The van der Waals surface area contributed by atoms with Gasteiger partial charge in [-0.2, -0.15) is 0 Å². The van der Waals surface area contributed by atoms with Crippen LogP contribution in [0.15, 0.2) is 41.6 Å². The number of carbonyl (C=O) groups excluding carboxylic acids is 2.